The molecule has 1 amide bonds. The molecule has 5 heterocycles. The third-order valence-corrected chi connectivity index (χ3v) is 11.8. The standard InChI is InChI=1S/C40H59N5O10/c1-9-33-40(5)32(45(38(50)55-40)18-11-10-17-44-23-29(42-24-44)27-13-12-16-41-22-27)20-28(46)14-15-39(4,51-8)34(21-31(47)26(3)36(49)53-33)54-37-35(48)30(43(6)7)19-25(2)52-37/h12-13,16,22-26,30,32-35,37,48H,9-11,14-15,17-21H2,1-8H3/t25-,26-,30+,32-,33-,34-,35-,37+,39-,40+/m1/s1. The first kappa shape index (κ1) is 42.4. The minimum absolute atomic E-state index is 0.0431. The third-order valence-electron chi connectivity index (χ3n) is 11.8. The van der Waals surface area contributed by atoms with Crippen molar-refractivity contribution in [1.82, 2.24) is 24.3 Å². The van der Waals surface area contributed by atoms with E-state index in [4.69, 9.17) is 23.7 Å². The Balaban J connectivity index is 1.35. The van der Waals surface area contributed by atoms with Crippen LogP contribution in [0.2, 0.25) is 0 Å². The number of ketones is 2. The van der Waals surface area contributed by atoms with E-state index >= 15 is 0 Å². The number of aryl methyl sites for hydroxylation is 1. The van der Waals surface area contributed by atoms with E-state index in [1.165, 1.54) is 14.0 Å². The number of hydrogen-bond acceptors (Lipinski definition) is 13. The number of aliphatic hydroxyl groups is 1. The number of carbonyl (C=O) groups excluding carboxylic acids is 4. The van der Waals surface area contributed by atoms with Crippen molar-refractivity contribution in [2.45, 2.75) is 147 Å². The number of esters is 1. The molecule has 304 valence electrons. The number of pyridine rings is 1. The van der Waals surface area contributed by atoms with E-state index in [0.717, 1.165) is 17.7 Å². The fraction of sp³-hybridized carbons (Fsp3) is 0.700. The molecule has 3 fully saturated rings. The van der Waals surface area contributed by atoms with Crippen LogP contribution < -0.4 is 0 Å². The normalized spacial score (nSPS) is 34.0. The van der Waals surface area contributed by atoms with E-state index in [2.05, 4.69) is 9.97 Å². The lowest BCUT2D eigenvalue weighted by molar-refractivity contribution is -0.288. The maximum Gasteiger partial charge on any atom is 0.410 e. The molecule has 3 aliphatic heterocycles. The van der Waals surface area contributed by atoms with Gasteiger partial charge < -0.3 is 43.2 Å². The summed E-state index contributed by atoms with van der Waals surface area (Å²) < 4.78 is 32.5. The van der Waals surface area contributed by atoms with Crippen LogP contribution >= 0.6 is 0 Å². The average molecular weight is 770 g/mol. The lowest BCUT2D eigenvalue weighted by atomic mass is 9.82. The number of Topliss-reactive ketones (excluding diaryl/α,β-unsaturated/α-hetero) is 2. The van der Waals surface area contributed by atoms with E-state index in [-0.39, 0.29) is 50.0 Å². The molecule has 0 radical (unpaired) electrons. The molecule has 10 atom stereocenters. The van der Waals surface area contributed by atoms with Crippen LogP contribution in [-0.4, -0.2) is 135 Å². The van der Waals surface area contributed by atoms with Gasteiger partial charge in [-0.2, -0.15) is 0 Å². The number of amides is 1. The van der Waals surface area contributed by atoms with Gasteiger partial charge >= 0.3 is 12.1 Å². The number of rotatable bonds is 11. The van der Waals surface area contributed by atoms with E-state index in [9.17, 15) is 24.3 Å². The van der Waals surface area contributed by atoms with Crippen molar-refractivity contribution in [2.24, 2.45) is 5.92 Å². The summed E-state index contributed by atoms with van der Waals surface area (Å²) in [5, 5.41) is 11.3. The Morgan fingerprint density at radius 3 is 2.51 bits per heavy atom. The average Bonchev–Trinajstić information content (AvgIpc) is 3.73. The zero-order chi connectivity index (χ0) is 40.1. The van der Waals surface area contributed by atoms with E-state index in [0.29, 0.717) is 25.9 Å². The number of ether oxygens (including phenoxy) is 5. The Morgan fingerprint density at radius 2 is 1.84 bits per heavy atom. The van der Waals surface area contributed by atoms with Gasteiger partial charge in [-0.15, -0.1) is 0 Å². The number of likely N-dealkylation sites (N-methyl/N-ethyl adjacent to an activating group) is 1. The molecule has 2 aromatic heterocycles. The van der Waals surface area contributed by atoms with Crippen LogP contribution in [0.1, 0.15) is 86.0 Å². The van der Waals surface area contributed by atoms with Gasteiger partial charge in [0.05, 0.1) is 35.9 Å². The SMILES string of the molecule is CC[C@H]1OC(=O)[C@H](C)C(=O)C[C@@H](O[C@@H]2O[C@H](C)C[C@H](N(C)C)[C@H]2O)[C@](C)(OC)CCC(=O)C[C@H]2N(CCCCn3cnc(-c4cccnc4)c3)C(=O)O[C@]12C. The summed E-state index contributed by atoms with van der Waals surface area (Å²) in [6.45, 7) is 9.62. The lowest BCUT2D eigenvalue weighted by Gasteiger charge is -2.45. The topological polar surface area (TPSA) is 172 Å². The number of cyclic esters (lactones) is 1. The Kier molecular flexibility index (Phi) is 13.9. The van der Waals surface area contributed by atoms with Gasteiger partial charge in [-0.3, -0.25) is 19.4 Å². The van der Waals surface area contributed by atoms with E-state index in [1.54, 1.807) is 37.5 Å². The number of hydrogen-bond donors (Lipinski definition) is 1. The van der Waals surface area contributed by atoms with Crippen LogP contribution in [0.25, 0.3) is 11.3 Å². The highest BCUT2D eigenvalue weighted by Gasteiger charge is 2.57. The summed E-state index contributed by atoms with van der Waals surface area (Å²) >= 11 is 0. The second-order valence-corrected chi connectivity index (χ2v) is 15.9. The zero-order valence-electron chi connectivity index (χ0n) is 33.5. The Bertz CT molecular complexity index is 1640. The first-order valence-corrected chi connectivity index (χ1v) is 19.5. The van der Waals surface area contributed by atoms with Crippen molar-refractivity contribution >= 4 is 23.6 Å². The van der Waals surface area contributed by atoms with Crippen molar-refractivity contribution in [3.63, 3.8) is 0 Å². The first-order valence-electron chi connectivity index (χ1n) is 19.5. The van der Waals surface area contributed by atoms with Crippen LogP contribution in [0.15, 0.2) is 37.1 Å². The minimum atomic E-state index is -1.35. The highest BCUT2D eigenvalue weighted by molar-refractivity contribution is 5.99. The van der Waals surface area contributed by atoms with Crippen molar-refractivity contribution in [3.8, 4) is 11.3 Å². The van der Waals surface area contributed by atoms with Gasteiger partial charge in [0.2, 0.25) is 0 Å². The summed E-state index contributed by atoms with van der Waals surface area (Å²) in [6, 6.07) is 2.81. The fourth-order valence-electron chi connectivity index (χ4n) is 7.98. The monoisotopic (exact) mass is 769 g/mol. The third kappa shape index (κ3) is 9.62. The molecule has 0 unspecified atom stereocenters. The highest BCUT2D eigenvalue weighted by atomic mass is 16.7. The summed E-state index contributed by atoms with van der Waals surface area (Å²) in [7, 11) is 5.21. The van der Waals surface area contributed by atoms with Gasteiger partial charge in [-0.1, -0.05) is 6.92 Å². The second kappa shape index (κ2) is 18.0. The van der Waals surface area contributed by atoms with Gasteiger partial charge in [0.25, 0.3) is 0 Å². The van der Waals surface area contributed by atoms with Gasteiger partial charge in [0.1, 0.15) is 29.7 Å². The zero-order valence-corrected chi connectivity index (χ0v) is 33.5. The smallest absolute Gasteiger partial charge is 0.410 e. The van der Waals surface area contributed by atoms with Crippen LogP contribution in [0.5, 0.6) is 0 Å². The number of methoxy groups -OCH3 is 1. The molecule has 15 nitrogen and oxygen atoms in total. The molecule has 55 heavy (non-hydrogen) atoms. The largest absolute Gasteiger partial charge is 0.458 e. The minimum Gasteiger partial charge on any atom is -0.458 e. The van der Waals surface area contributed by atoms with Gasteiger partial charge in [0, 0.05) is 69.7 Å². The molecule has 2 aromatic rings. The predicted molar refractivity (Wildman–Crippen MR) is 201 cm³/mol. The Labute approximate surface area is 324 Å². The fourth-order valence-corrected chi connectivity index (χ4v) is 7.98. The van der Waals surface area contributed by atoms with Gasteiger partial charge in [-0.05, 0) is 86.0 Å². The molecule has 0 aliphatic carbocycles. The molecule has 15 heteroatoms. The molecule has 3 aliphatic rings. The highest BCUT2D eigenvalue weighted by Crippen LogP contribution is 2.40. The number of unbranched alkanes of at least 4 members (excludes halogenated alkanes) is 1. The van der Waals surface area contributed by atoms with Crippen LogP contribution in [-0.2, 0) is 44.6 Å². The summed E-state index contributed by atoms with van der Waals surface area (Å²) in [6.07, 6.45) is 4.44. The molecular formula is C40H59N5O10. The number of imidazole rings is 1. The van der Waals surface area contributed by atoms with Crippen LogP contribution in [0.3, 0.4) is 0 Å². The van der Waals surface area contributed by atoms with Gasteiger partial charge in [-0.25, -0.2) is 9.78 Å². The molecule has 0 spiro atoms. The number of aliphatic hydroxyl groups excluding tert-OH is 1. The number of fused-ring (bicyclic) bond motifs is 1. The summed E-state index contributed by atoms with van der Waals surface area (Å²) in [4.78, 5) is 67.2. The van der Waals surface area contributed by atoms with Crippen molar-refractivity contribution < 1.29 is 48.0 Å². The number of nitrogens with zero attached hydrogens (tertiary/aromatic N) is 5. The maximum absolute atomic E-state index is 14.0. The van der Waals surface area contributed by atoms with Crippen LogP contribution in [0, 0.1) is 5.92 Å². The predicted octanol–water partition coefficient (Wildman–Crippen LogP) is 4.19. The van der Waals surface area contributed by atoms with Crippen molar-refractivity contribution in [3.05, 3.63) is 37.1 Å². The lowest BCUT2D eigenvalue weighted by Crippen LogP contribution is -2.57. The molecule has 5 rings (SSSR count). The van der Waals surface area contributed by atoms with E-state index in [1.807, 2.05) is 55.7 Å². The molecule has 0 bridgehead atoms. The summed E-state index contributed by atoms with van der Waals surface area (Å²) in [5.74, 6) is -2.57. The Morgan fingerprint density at radius 1 is 1.09 bits per heavy atom. The van der Waals surface area contributed by atoms with E-state index < -0.39 is 65.6 Å². The number of aromatic nitrogens is 3. The van der Waals surface area contributed by atoms with Crippen molar-refractivity contribution in [1.29, 1.82) is 0 Å². The molecule has 1 N–H and O–H groups in total. The molecule has 0 aromatic carbocycles. The van der Waals surface area contributed by atoms with Gasteiger partial charge in [0.15, 0.2) is 11.9 Å². The summed E-state index contributed by atoms with van der Waals surface area (Å²) in [5.41, 5.74) is -0.812. The molecule has 0 saturated carbocycles. The second-order valence-electron chi connectivity index (χ2n) is 15.9. The quantitative estimate of drug-likeness (QED) is 0.196. The maximum atomic E-state index is 14.0. The van der Waals surface area contributed by atoms with Crippen molar-refractivity contribution in [2.75, 3.05) is 27.7 Å². The van der Waals surface area contributed by atoms with Crippen LogP contribution in [0.4, 0.5) is 4.79 Å². The molecule has 3 saturated heterocycles. The number of carbonyl (C=O) groups is 4. The Hall–Kier alpha value is -3.76. The first-order chi connectivity index (χ1) is 26.1. The molecular weight excluding hydrogens is 710 g/mol.